The molecule has 0 spiro atoms. The fourth-order valence-corrected chi connectivity index (χ4v) is 2.73. The number of anilines is 4. The van der Waals surface area contributed by atoms with Crippen molar-refractivity contribution in [2.75, 3.05) is 35.2 Å². The molecule has 0 saturated heterocycles. The Balaban J connectivity index is 1.65. The van der Waals surface area contributed by atoms with Crippen molar-refractivity contribution in [3.63, 3.8) is 0 Å². The Kier molecular flexibility index (Phi) is 5.17. The molecule has 0 bridgehead atoms. The molecule has 0 unspecified atom stereocenters. The molecule has 0 saturated carbocycles. The molecule has 0 aliphatic carbocycles. The third-order valence-electron chi connectivity index (χ3n) is 3.81. The van der Waals surface area contributed by atoms with Crippen molar-refractivity contribution in [3.05, 3.63) is 53.7 Å². The maximum absolute atomic E-state index is 5.88. The highest BCUT2D eigenvalue weighted by atomic mass is 15.1. The van der Waals surface area contributed by atoms with E-state index in [4.69, 9.17) is 11.5 Å². The lowest BCUT2D eigenvalue weighted by Gasteiger charge is -2.11. The number of rotatable bonds is 6. The highest BCUT2D eigenvalue weighted by Crippen LogP contribution is 2.23. The summed E-state index contributed by atoms with van der Waals surface area (Å²) in [5.74, 6) is 1.45. The summed E-state index contributed by atoms with van der Waals surface area (Å²) in [6, 6.07) is 11.9. The smallest absolute Gasteiger partial charge is 0.222 e. The summed E-state index contributed by atoms with van der Waals surface area (Å²) >= 11 is 0. The second-order valence-corrected chi connectivity index (χ2v) is 6.20. The molecule has 0 radical (unpaired) electrons. The summed E-state index contributed by atoms with van der Waals surface area (Å²) in [5.41, 5.74) is 16.6. The van der Waals surface area contributed by atoms with Crippen molar-refractivity contribution in [2.45, 2.75) is 13.8 Å². The molecule has 0 aliphatic heterocycles. The van der Waals surface area contributed by atoms with E-state index in [-0.39, 0.29) is 5.95 Å². The number of nitrogen functional groups attached to an aromatic ring is 2. The third kappa shape index (κ3) is 4.60. The fourth-order valence-electron chi connectivity index (χ4n) is 2.73. The van der Waals surface area contributed by atoms with Gasteiger partial charge in [0, 0.05) is 24.7 Å². The van der Waals surface area contributed by atoms with E-state index in [0.29, 0.717) is 24.7 Å². The maximum atomic E-state index is 5.88. The van der Waals surface area contributed by atoms with Gasteiger partial charge in [0.15, 0.2) is 0 Å². The van der Waals surface area contributed by atoms with Crippen molar-refractivity contribution >= 4 is 23.3 Å². The van der Waals surface area contributed by atoms with Gasteiger partial charge in [-0.1, -0.05) is 17.2 Å². The summed E-state index contributed by atoms with van der Waals surface area (Å²) in [6.07, 6.45) is 1.70. The van der Waals surface area contributed by atoms with Gasteiger partial charge in [-0.2, -0.15) is 4.98 Å². The molecule has 6 N–H and O–H groups in total. The minimum Gasteiger partial charge on any atom is -0.384 e. The summed E-state index contributed by atoms with van der Waals surface area (Å²) in [4.78, 5) is 12.7. The standard InChI is InChI=1S/C19H23N7/c1-12-7-13(2)9-14(8-12)16-10-18(26-19(21)25-16)23-6-5-22-15-3-4-17(20)24-11-15/h3-4,7-11,22H,5-6H2,1-2H3,(H2,20,24)(H3,21,23,25,26). The average Bonchev–Trinajstić information content (AvgIpc) is 2.59. The number of aromatic nitrogens is 3. The molecule has 7 nitrogen and oxygen atoms in total. The first-order valence-corrected chi connectivity index (χ1v) is 8.42. The zero-order valence-corrected chi connectivity index (χ0v) is 15.0. The summed E-state index contributed by atoms with van der Waals surface area (Å²) in [7, 11) is 0. The molecule has 0 amide bonds. The van der Waals surface area contributed by atoms with Crippen molar-refractivity contribution < 1.29 is 0 Å². The van der Waals surface area contributed by atoms with Crippen molar-refractivity contribution in [1.82, 2.24) is 15.0 Å². The van der Waals surface area contributed by atoms with Gasteiger partial charge >= 0.3 is 0 Å². The monoisotopic (exact) mass is 349 g/mol. The zero-order valence-electron chi connectivity index (χ0n) is 15.0. The predicted octanol–water partition coefficient (Wildman–Crippen LogP) is 2.84. The van der Waals surface area contributed by atoms with Gasteiger partial charge in [-0.3, -0.25) is 0 Å². The van der Waals surface area contributed by atoms with Gasteiger partial charge in [0.1, 0.15) is 11.6 Å². The quantitative estimate of drug-likeness (QED) is 0.506. The zero-order chi connectivity index (χ0) is 18.5. The van der Waals surface area contributed by atoms with Crippen LogP contribution >= 0.6 is 0 Å². The van der Waals surface area contributed by atoms with E-state index in [1.165, 1.54) is 11.1 Å². The van der Waals surface area contributed by atoms with Gasteiger partial charge in [-0.25, -0.2) is 9.97 Å². The van der Waals surface area contributed by atoms with E-state index in [2.05, 4.69) is 57.6 Å². The highest BCUT2D eigenvalue weighted by molar-refractivity contribution is 5.65. The lowest BCUT2D eigenvalue weighted by molar-refractivity contribution is 1.05. The topological polar surface area (TPSA) is 115 Å². The Morgan fingerprint density at radius 2 is 1.62 bits per heavy atom. The van der Waals surface area contributed by atoms with Crippen LogP contribution in [0, 0.1) is 13.8 Å². The molecule has 1 aromatic carbocycles. The minimum absolute atomic E-state index is 0.250. The average molecular weight is 349 g/mol. The largest absolute Gasteiger partial charge is 0.384 e. The van der Waals surface area contributed by atoms with Crippen molar-refractivity contribution in [1.29, 1.82) is 0 Å². The van der Waals surface area contributed by atoms with Gasteiger partial charge < -0.3 is 22.1 Å². The molecule has 134 valence electrons. The molecule has 26 heavy (non-hydrogen) atoms. The number of nitrogens with one attached hydrogen (secondary N) is 2. The van der Waals surface area contributed by atoms with Crippen LogP contribution in [0.5, 0.6) is 0 Å². The first-order chi connectivity index (χ1) is 12.5. The molecule has 7 heteroatoms. The second kappa shape index (κ2) is 7.69. The van der Waals surface area contributed by atoms with Crippen LogP contribution in [0.25, 0.3) is 11.3 Å². The number of benzene rings is 1. The van der Waals surface area contributed by atoms with E-state index in [9.17, 15) is 0 Å². The number of hydrogen-bond acceptors (Lipinski definition) is 7. The van der Waals surface area contributed by atoms with Crippen LogP contribution in [0.1, 0.15) is 11.1 Å². The first-order valence-electron chi connectivity index (χ1n) is 8.42. The molecule has 3 rings (SSSR count). The third-order valence-corrected chi connectivity index (χ3v) is 3.81. The van der Waals surface area contributed by atoms with Crippen LogP contribution in [-0.4, -0.2) is 28.0 Å². The van der Waals surface area contributed by atoms with Crippen LogP contribution in [0.2, 0.25) is 0 Å². The lowest BCUT2D eigenvalue weighted by atomic mass is 10.0. The summed E-state index contributed by atoms with van der Waals surface area (Å²) in [6.45, 7) is 5.51. The van der Waals surface area contributed by atoms with Crippen LogP contribution in [0.4, 0.5) is 23.3 Å². The molecule has 0 atom stereocenters. The summed E-state index contributed by atoms with van der Waals surface area (Å²) < 4.78 is 0. The Morgan fingerprint density at radius 1 is 0.885 bits per heavy atom. The van der Waals surface area contributed by atoms with Crippen LogP contribution in [0.3, 0.4) is 0 Å². The van der Waals surface area contributed by atoms with E-state index in [1.54, 1.807) is 12.3 Å². The second-order valence-electron chi connectivity index (χ2n) is 6.20. The Hall–Kier alpha value is -3.35. The molecular weight excluding hydrogens is 326 g/mol. The summed E-state index contributed by atoms with van der Waals surface area (Å²) in [5, 5.41) is 6.53. The number of nitrogens with zero attached hydrogens (tertiary/aromatic N) is 3. The van der Waals surface area contributed by atoms with Crippen LogP contribution in [0.15, 0.2) is 42.6 Å². The van der Waals surface area contributed by atoms with E-state index in [1.807, 2.05) is 12.1 Å². The van der Waals surface area contributed by atoms with Gasteiger partial charge in [0.2, 0.25) is 5.95 Å². The minimum atomic E-state index is 0.250. The molecule has 3 aromatic rings. The van der Waals surface area contributed by atoms with E-state index in [0.717, 1.165) is 16.9 Å². The first kappa shape index (κ1) is 17.5. The maximum Gasteiger partial charge on any atom is 0.222 e. The SMILES string of the molecule is Cc1cc(C)cc(-c2cc(NCCNc3ccc(N)nc3)nc(N)n2)c1. The van der Waals surface area contributed by atoms with E-state index < -0.39 is 0 Å². The molecular formula is C19H23N7. The molecule has 2 heterocycles. The molecule has 0 fully saturated rings. The number of nitrogens with two attached hydrogens (primary N) is 2. The Morgan fingerprint density at radius 3 is 2.31 bits per heavy atom. The van der Waals surface area contributed by atoms with Gasteiger partial charge in [0.05, 0.1) is 17.6 Å². The Labute approximate surface area is 152 Å². The Bertz CT molecular complexity index is 871. The number of aryl methyl sites for hydroxylation is 2. The van der Waals surface area contributed by atoms with Crippen molar-refractivity contribution in [3.8, 4) is 11.3 Å². The van der Waals surface area contributed by atoms with Gasteiger partial charge in [0.25, 0.3) is 0 Å². The number of hydrogen-bond donors (Lipinski definition) is 4. The van der Waals surface area contributed by atoms with Crippen LogP contribution in [-0.2, 0) is 0 Å². The van der Waals surface area contributed by atoms with Crippen molar-refractivity contribution in [2.24, 2.45) is 0 Å². The molecule has 2 aromatic heterocycles. The highest BCUT2D eigenvalue weighted by Gasteiger charge is 2.06. The molecule has 0 aliphatic rings. The fraction of sp³-hybridized carbons (Fsp3) is 0.211. The number of pyridine rings is 1. The normalized spacial score (nSPS) is 10.5. The van der Waals surface area contributed by atoms with Crippen LogP contribution < -0.4 is 22.1 Å². The lowest BCUT2D eigenvalue weighted by Crippen LogP contribution is -2.15. The predicted molar refractivity (Wildman–Crippen MR) is 107 cm³/mol. The van der Waals surface area contributed by atoms with Gasteiger partial charge in [-0.05, 0) is 38.1 Å². The van der Waals surface area contributed by atoms with E-state index >= 15 is 0 Å². The van der Waals surface area contributed by atoms with Gasteiger partial charge in [-0.15, -0.1) is 0 Å².